The van der Waals surface area contributed by atoms with Crippen LogP contribution in [0.3, 0.4) is 0 Å². The predicted molar refractivity (Wildman–Crippen MR) is 100 cm³/mol. The number of nitrogens with zero attached hydrogens (tertiary/aromatic N) is 3. The van der Waals surface area contributed by atoms with Gasteiger partial charge in [-0.15, -0.1) is 0 Å². The van der Waals surface area contributed by atoms with Crippen LogP contribution < -0.4 is 0 Å². The molecule has 0 aliphatic carbocycles. The van der Waals surface area contributed by atoms with E-state index in [2.05, 4.69) is 16.8 Å². The number of benzene rings is 1. The summed E-state index contributed by atoms with van der Waals surface area (Å²) < 4.78 is 12.7. The van der Waals surface area contributed by atoms with Crippen molar-refractivity contribution in [3.8, 4) is 11.8 Å². The van der Waals surface area contributed by atoms with E-state index in [9.17, 15) is 4.79 Å². The summed E-state index contributed by atoms with van der Waals surface area (Å²) in [7, 11) is 0. The molecule has 0 unspecified atom stereocenters. The summed E-state index contributed by atoms with van der Waals surface area (Å²) in [5.41, 5.74) is 3.06. The molecule has 1 aliphatic rings. The number of imidazole rings is 1. The molecule has 1 amide bonds. The van der Waals surface area contributed by atoms with E-state index in [0.717, 1.165) is 16.9 Å². The first-order valence-corrected chi connectivity index (χ1v) is 8.84. The van der Waals surface area contributed by atoms with Gasteiger partial charge in [0, 0.05) is 24.8 Å². The smallest absolute Gasteiger partial charge is 0.410 e. The molecular weight excluding hydrogens is 342 g/mol. The molecule has 1 aliphatic heterocycles. The summed E-state index contributed by atoms with van der Waals surface area (Å²) in [6.07, 6.45) is 1.56. The molecule has 0 bridgehead atoms. The van der Waals surface area contributed by atoms with Crippen LogP contribution >= 0.6 is 0 Å². The molecular formula is C21H19N3O3. The molecule has 4 rings (SSSR count). The summed E-state index contributed by atoms with van der Waals surface area (Å²) in [4.78, 5) is 18.5. The van der Waals surface area contributed by atoms with Gasteiger partial charge in [-0.05, 0) is 30.2 Å². The fourth-order valence-electron chi connectivity index (χ4n) is 2.90. The number of hydrogen-bond acceptors (Lipinski definition) is 4. The van der Waals surface area contributed by atoms with Gasteiger partial charge in [0.2, 0.25) is 0 Å². The SMILES string of the molecule is O=C(OCc1nc2ccccn2c1C#Cc1ccccc1)N1CCOCC1. The maximum Gasteiger partial charge on any atom is 0.410 e. The van der Waals surface area contributed by atoms with Crippen molar-refractivity contribution >= 4 is 11.7 Å². The van der Waals surface area contributed by atoms with Gasteiger partial charge in [0.1, 0.15) is 23.6 Å². The Hall–Kier alpha value is -3.30. The van der Waals surface area contributed by atoms with E-state index in [1.165, 1.54) is 0 Å². The Bertz CT molecular complexity index is 996. The molecule has 3 heterocycles. The normalized spacial score (nSPS) is 13.9. The molecule has 0 spiro atoms. The fourth-order valence-corrected chi connectivity index (χ4v) is 2.90. The van der Waals surface area contributed by atoms with Gasteiger partial charge in [0.05, 0.1) is 13.2 Å². The van der Waals surface area contributed by atoms with Gasteiger partial charge < -0.3 is 14.4 Å². The van der Waals surface area contributed by atoms with Gasteiger partial charge in [0.15, 0.2) is 0 Å². The molecule has 6 heteroatoms. The van der Waals surface area contributed by atoms with E-state index in [0.29, 0.717) is 32.0 Å². The van der Waals surface area contributed by atoms with Crippen LogP contribution in [0.1, 0.15) is 17.0 Å². The standard InChI is InChI=1S/C21H19N3O3/c25-21(23-12-14-26-15-13-23)27-16-18-19(10-9-17-6-2-1-3-7-17)24-11-5-4-8-20(24)22-18/h1-8,11H,12-16H2. The highest BCUT2D eigenvalue weighted by molar-refractivity contribution is 5.67. The van der Waals surface area contributed by atoms with Crippen LogP contribution in [0.4, 0.5) is 4.79 Å². The van der Waals surface area contributed by atoms with Gasteiger partial charge in [-0.25, -0.2) is 9.78 Å². The molecule has 1 fully saturated rings. The summed E-state index contributed by atoms with van der Waals surface area (Å²) in [5, 5.41) is 0. The van der Waals surface area contributed by atoms with Crippen molar-refractivity contribution in [1.82, 2.24) is 14.3 Å². The lowest BCUT2D eigenvalue weighted by Gasteiger charge is -2.25. The van der Waals surface area contributed by atoms with Gasteiger partial charge in [-0.2, -0.15) is 0 Å². The lowest BCUT2D eigenvalue weighted by Crippen LogP contribution is -2.40. The van der Waals surface area contributed by atoms with Crippen molar-refractivity contribution in [3.05, 3.63) is 71.7 Å². The highest BCUT2D eigenvalue weighted by Gasteiger charge is 2.19. The molecule has 0 N–H and O–H groups in total. The first-order chi connectivity index (χ1) is 13.3. The zero-order valence-corrected chi connectivity index (χ0v) is 14.8. The maximum absolute atomic E-state index is 12.3. The van der Waals surface area contributed by atoms with Crippen molar-refractivity contribution < 1.29 is 14.3 Å². The monoisotopic (exact) mass is 361 g/mol. The van der Waals surface area contributed by atoms with Crippen LogP contribution in [0.5, 0.6) is 0 Å². The Labute approximate surface area is 157 Å². The van der Waals surface area contributed by atoms with Crippen LogP contribution in [0.25, 0.3) is 5.65 Å². The van der Waals surface area contributed by atoms with Crippen molar-refractivity contribution in [2.75, 3.05) is 26.3 Å². The number of amides is 1. The molecule has 6 nitrogen and oxygen atoms in total. The van der Waals surface area contributed by atoms with E-state index in [-0.39, 0.29) is 12.7 Å². The number of ether oxygens (including phenoxy) is 2. The zero-order valence-electron chi connectivity index (χ0n) is 14.8. The van der Waals surface area contributed by atoms with Gasteiger partial charge in [-0.3, -0.25) is 4.40 Å². The number of pyridine rings is 1. The van der Waals surface area contributed by atoms with Gasteiger partial charge in [-0.1, -0.05) is 30.2 Å². The highest BCUT2D eigenvalue weighted by Crippen LogP contribution is 2.14. The van der Waals surface area contributed by atoms with Crippen LogP contribution in [-0.2, 0) is 16.1 Å². The second-order valence-electron chi connectivity index (χ2n) is 6.11. The topological polar surface area (TPSA) is 56.1 Å². The summed E-state index contributed by atoms with van der Waals surface area (Å²) in [6, 6.07) is 15.5. The Balaban J connectivity index is 1.58. The van der Waals surface area contributed by atoms with E-state index < -0.39 is 0 Å². The Kier molecular flexibility index (Phi) is 5.04. The minimum Gasteiger partial charge on any atom is -0.443 e. The molecule has 1 saturated heterocycles. The number of rotatable bonds is 2. The number of morpholine rings is 1. The number of hydrogen-bond donors (Lipinski definition) is 0. The third-order valence-electron chi connectivity index (χ3n) is 4.30. The molecule has 0 radical (unpaired) electrons. The number of fused-ring (bicyclic) bond motifs is 1. The second-order valence-corrected chi connectivity index (χ2v) is 6.11. The van der Waals surface area contributed by atoms with Crippen molar-refractivity contribution in [3.63, 3.8) is 0 Å². The second kappa shape index (κ2) is 7.94. The van der Waals surface area contributed by atoms with E-state index in [4.69, 9.17) is 9.47 Å². The minimum atomic E-state index is -0.350. The van der Waals surface area contributed by atoms with E-state index in [1.807, 2.05) is 59.1 Å². The average Bonchev–Trinajstić information content (AvgIpc) is 3.09. The van der Waals surface area contributed by atoms with Gasteiger partial charge in [0.25, 0.3) is 0 Å². The molecule has 2 aromatic heterocycles. The largest absolute Gasteiger partial charge is 0.443 e. The van der Waals surface area contributed by atoms with Crippen LogP contribution in [0, 0.1) is 11.8 Å². The Morgan fingerprint density at radius 1 is 1.07 bits per heavy atom. The zero-order chi connectivity index (χ0) is 18.5. The number of aromatic nitrogens is 2. The predicted octanol–water partition coefficient (Wildman–Crippen LogP) is 2.70. The molecule has 136 valence electrons. The summed E-state index contributed by atoms with van der Waals surface area (Å²) in [5.74, 6) is 6.33. The third kappa shape index (κ3) is 3.94. The summed E-state index contributed by atoms with van der Waals surface area (Å²) in [6.45, 7) is 2.25. The molecule has 0 atom stereocenters. The average molecular weight is 361 g/mol. The van der Waals surface area contributed by atoms with Crippen LogP contribution in [0.2, 0.25) is 0 Å². The van der Waals surface area contributed by atoms with E-state index >= 15 is 0 Å². The highest BCUT2D eigenvalue weighted by atomic mass is 16.6. The van der Waals surface area contributed by atoms with Crippen molar-refractivity contribution in [1.29, 1.82) is 0 Å². The van der Waals surface area contributed by atoms with Crippen LogP contribution in [-0.4, -0.2) is 46.7 Å². The fraction of sp³-hybridized carbons (Fsp3) is 0.238. The van der Waals surface area contributed by atoms with Crippen molar-refractivity contribution in [2.24, 2.45) is 0 Å². The van der Waals surface area contributed by atoms with E-state index in [1.54, 1.807) is 4.90 Å². The minimum absolute atomic E-state index is 0.0800. The first-order valence-electron chi connectivity index (χ1n) is 8.84. The molecule has 27 heavy (non-hydrogen) atoms. The lowest BCUT2D eigenvalue weighted by molar-refractivity contribution is 0.0246. The molecule has 3 aromatic rings. The molecule has 0 saturated carbocycles. The molecule has 1 aromatic carbocycles. The van der Waals surface area contributed by atoms with Crippen molar-refractivity contribution in [2.45, 2.75) is 6.61 Å². The lowest BCUT2D eigenvalue weighted by atomic mass is 10.2. The number of carbonyl (C=O) groups is 1. The Morgan fingerprint density at radius 3 is 2.67 bits per heavy atom. The summed E-state index contributed by atoms with van der Waals surface area (Å²) >= 11 is 0. The third-order valence-corrected chi connectivity index (χ3v) is 4.30. The van der Waals surface area contributed by atoms with Crippen LogP contribution in [0.15, 0.2) is 54.7 Å². The number of carbonyl (C=O) groups excluding carboxylic acids is 1. The maximum atomic E-state index is 12.3. The Morgan fingerprint density at radius 2 is 1.85 bits per heavy atom. The van der Waals surface area contributed by atoms with Gasteiger partial charge >= 0.3 is 6.09 Å². The quantitative estimate of drug-likeness (QED) is 0.659. The first kappa shape index (κ1) is 17.1.